The van der Waals surface area contributed by atoms with Gasteiger partial charge in [-0.25, -0.2) is 4.98 Å². The van der Waals surface area contributed by atoms with Crippen LogP contribution in [0.15, 0.2) is 12.1 Å². The predicted molar refractivity (Wildman–Crippen MR) is 92.0 cm³/mol. The fourth-order valence-corrected chi connectivity index (χ4v) is 2.32. The number of aromatic nitrogens is 1. The van der Waals surface area contributed by atoms with Crippen LogP contribution in [0.4, 0.5) is 5.82 Å². The molecule has 0 radical (unpaired) electrons. The Balaban J connectivity index is 3.02. The van der Waals surface area contributed by atoms with E-state index in [9.17, 15) is 0 Å². The summed E-state index contributed by atoms with van der Waals surface area (Å²) in [5, 5.41) is 3.40. The molecule has 0 spiro atoms. The van der Waals surface area contributed by atoms with Crippen molar-refractivity contribution < 1.29 is 0 Å². The molecule has 0 amide bonds. The van der Waals surface area contributed by atoms with Gasteiger partial charge in [0.25, 0.3) is 0 Å². The molecule has 1 N–H and O–H groups in total. The molecule has 0 atom stereocenters. The quantitative estimate of drug-likeness (QED) is 0.835. The lowest BCUT2D eigenvalue weighted by atomic mass is 9.90. The number of rotatable bonds is 7. The molecule has 1 rings (SSSR count). The van der Waals surface area contributed by atoms with Crippen molar-refractivity contribution in [2.45, 2.75) is 39.7 Å². The maximum atomic E-state index is 4.85. The summed E-state index contributed by atoms with van der Waals surface area (Å²) in [4.78, 5) is 7.11. The molecule has 1 aromatic rings. The third-order valence-corrected chi connectivity index (χ3v) is 3.83. The highest BCUT2D eigenvalue weighted by Gasteiger charge is 2.18. The van der Waals surface area contributed by atoms with Crippen molar-refractivity contribution >= 4 is 17.6 Å². The predicted octanol–water partition coefficient (Wildman–Crippen LogP) is 3.29. The molecule has 0 saturated heterocycles. The van der Waals surface area contributed by atoms with Crippen LogP contribution < -0.4 is 10.2 Å². The molecule has 4 heteroatoms. The van der Waals surface area contributed by atoms with E-state index in [-0.39, 0.29) is 5.41 Å². The number of anilines is 1. The van der Waals surface area contributed by atoms with Crippen LogP contribution in [0.5, 0.6) is 0 Å². The fourth-order valence-electron chi connectivity index (χ4n) is 1.86. The highest BCUT2D eigenvalue weighted by molar-refractivity contribution is 7.98. The minimum absolute atomic E-state index is 0.0807. The molecule has 3 nitrogen and oxygen atoms in total. The SMILES string of the molecule is CCNCc1cc(N(C)CCSC)nc(C(C)(C)C)c1. The first kappa shape index (κ1) is 17.3. The summed E-state index contributed by atoms with van der Waals surface area (Å²) in [7, 11) is 2.13. The average molecular weight is 295 g/mol. The summed E-state index contributed by atoms with van der Waals surface area (Å²) >= 11 is 1.87. The van der Waals surface area contributed by atoms with Crippen LogP contribution in [-0.4, -0.2) is 37.1 Å². The van der Waals surface area contributed by atoms with Crippen molar-refractivity contribution in [3.8, 4) is 0 Å². The van der Waals surface area contributed by atoms with Gasteiger partial charge in [-0.15, -0.1) is 0 Å². The number of hydrogen-bond acceptors (Lipinski definition) is 4. The van der Waals surface area contributed by atoms with Crippen LogP contribution in [0.3, 0.4) is 0 Å². The highest BCUT2D eigenvalue weighted by atomic mass is 32.2. The van der Waals surface area contributed by atoms with E-state index in [1.54, 1.807) is 0 Å². The van der Waals surface area contributed by atoms with E-state index in [1.807, 2.05) is 11.8 Å². The van der Waals surface area contributed by atoms with Gasteiger partial charge in [0.1, 0.15) is 5.82 Å². The number of thioether (sulfide) groups is 1. The zero-order valence-electron chi connectivity index (χ0n) is 13.8. The topological polar surface area (TPSA) is 28.2 Å². The Bertz CT molecular complexity index is 413. The van der Waals surface area contributed by atoms with Crippen LogP contribution in [-0.2, 0) is 12.0 Å². The van der Waals surface area contributed by atoms with E-state index in [4.69, 9.17) is 4.98 Å². The Morgan fingerprint density at radius 1 is 1.30 bits per heavy atom. The molecule has 0 fully saturated rings. The molecule has 1 heterocycles. The smallest absolute Gasteiger partial charge is 0.128 e. The summed E-state index contributed by atoms with van der Waals surface area (Å²) in [6, 6.07) is 4.44. The molecule has 0 unspecified atom stereocenters. The lowest BCUT2D eigenvalue weighted by molar-refractivity contribution is 0.566. The molecule has 0 bridgehead atoms. The Morgan fingerprint density at radius 2 is 2.00 bits per heavy atom. The highest BCUT2D eigenvalue weighted by Crippen LogP contribution is 2.24. The zero-order chi connectivity index (χ0) is 15.2. The van der Waals surface area contributed by atoms with Crippen LogP contribution in [0.25, 0.3) is 0 Å². The van der Waals surface area contributed by atoms with Crippen LogP contribution in [0.1, 0.15) is 39.0 Å². The Hall–Kier alpha value is -0.740. The summed E-state index contributed by atoms with van der Waals surface area (Å²) in [5.41, 5.74) is 2.56. The Labute approximate surface area is 128 Å². The molecule has 0 aliphatic rings. The van der Waals surface area contributed by atoms with Crippen molar-refractivity contribution in [1.82, 2.24) is 10.3 Å². The van der Waals surface area contributed by atoms with E-state index >= 15 is 0 Å². The first-order chi connectivity index (χ1) is 9.38. The van der Waals surface area contributed by atoms with E-state index in [0.29, 0.717) is 0 Å². The molecule has 20 heavy (non-hydrogen) atoms. The standard InChI is InChI=1S/C16H29N3S/c1-7-17-12-13-10-14(16(2,3)4)18-15(11-13)19(5)8-9-20-6/h10-11,17H,7-9,12H2,1-6H3. The average Bonchev–Trinajstić information content (AvgIpc) is 2.41. The third-order valence-electron chi connectivity index (χ3n) is 3.24. The summed E-state index contributed by atoms with van der Waals surface area (Å²) in [6.45, 7) is 11.7. The molecule has 1 aromatic heterocycles. The van der Waals surface area contributed by atoms with Crippen molar-refractivity contribution in [3.63, 3.8) is 0 Å². The molecule has 0 aromatic carbocycles. The second kappa shape index (κ2) is 7.89. The largest absolute Gasteiger partial charge is 0.359 e. The van der Waals surface area contributed by atoms with Crippen molar-refractivity contribution in [3.05, 3.63) is 23.4 Å². The molecule has 0 aliphatic carbocycles. The molecular formula is C16H29N3S. The van der Waals surface area contributed by atoms with Gasteiger partial charge in [0.15, 0.2) is 0 Å². The van der Waals surface area contributed by atoms with E-state index in [2.05, 4.69) is 63.3 Å². The summed E-state index contributed by atoms with van der Waals surface area (Å²) in [5.74, 6) is 2.21. The van der Waals surface area contributed by atoms with Crippen LogP contribution >= 0.6 is 11.8 Å². The second-order valence-electron chi connectivity index (χ2n) is 6.16. The van der Waals surface area contributed by atoms with E-state index in [0.717, 1.165) is 31.2 Å². The van der Waals surface area contributed by atoms with Gasteiger partial charge in [0, 0.05) is 37.0 Å². The second-order valence-corrected chi connectivity index (χ2v) is 7.15. The number of hydrogen-bond donors (Lipinski definition) is 1. The van der Waals surface area contributed by atoms with Crippen molar-refractivity contribution in [2.75, 3.05) is 37.0 Å². The fraction of sp³-hybridized carbons (Fsp3) is 0.688. The van der Waals surface area contributed by atoms with E-state index < -0.39 is 0 Å². The molecule has 0 aliphatic heterocycles. The first-order valence-electron chi connectivity index (χ1n) is 7.30. The van der Waals surface area contributed by atoms with Crippen molar-refractivity contribution in [1.29, 1.82) is 0 Å². The monoisotopic (exact) mass is 295 g/mol. The number of pyridine rings is 1. The van der Waals surface area contributed by atoms with Crippen molar-refractivity contribution in [2.24, 2.45) is 0 Å². The maximum absolute atomic E-state index is 4.85. The van der Waals surface area contributed by atoms with Gasteiger partial charge in [-0.3, -0.25) is 0 Å². The van der Waals surface area contributed by atoms with Gasteiger partial charge in [0.05, 0.1) is 0 Å². The molecular weight excluding hydrogens is 266 g/mol. The number of nitrogens with zero attached hydrogens (tertiary/aromatic N) is 2. The van der Waals surface area contributed by atoms with Crippen LogP contribution in [0, 0.1) is 0 Å². The van der Waals surface area contributed by atoms with E-state index in [1.165, 1.54) is 11.3 Å². The van der Waals surface area contributed by atoms with Gasteiger partial charge in [0.2, 0.25) is 0 Å². The maximum Gasteiger partial charge on any atom is 0.128 e. The minimum Gasteiger partial charge on any atom is -0.359 e. The first-order valence-corrected chi connectivity index (χ1v) is 8.70. The summed E-state index contributed by atoms with van der Waals surface area (Å²) < 4.78 is 0. The Morgan fingerprint density at radius 3 is 2.55 bits per heavy atom. The van der Waals surface area contributed by atoms with Gasteiger partial charge in [-0.1, -0.05) is 27.7 Å². The lowest BCUT2D eigenvalue weighted by Gasteiger charge is -2.24. The third kappa shape index (κ3) is 5.33. The zero-order valence-corrected chi connectivity index (χ0v) is 14.6. The number of nitrogens with one attached hydrogen (secondary N) is 1. The van der Waals surface area contributed by atoms with Crippen LogP contribution in [0.2, 0.25) is 0 Å². The molecule has 0 saturated carbocycles. The van der Waals surface area contributed by atoms with Gasteiger partial charge < -0.3 is 10.2 Å². The van der Waals surface area contributed by atoms with Gasteiger partial charge in [-0.05, 0) is 30.5 Å². The van der Waals surface area contributed by atoms with Gasteiger partial charge >= 0.3 is 0 Å². The normalized spacial score (nSPS) is 11.7. The minimum atomic E-state index is 0.0807. The lowest BCUT2D eigenvalue weighted by Crippen LogP contribution is -2.24. The summed E-state index contributed by atoms with van der Waals surface area (Å²) in [6.07, 6.45) is 2.14. The van der Waals surface area contributed by atoms with Gasteiger partial charge in [-0.2, -0.15) is 11.8 Å². The molecule has 114 valence electrons. The Kier molecular flexibility index (Phi) is 6.83.